The van der Waals surface area contributed by atoms with Gasteiger partial charge in [-0.3, -0.25) is 0 Å². The molecule has 2 nitrogen and oxygen atoms in total. The molecular weight excluding hydrogens is 452 g/mol. The van der Waals surface area contributed by atoms with E-state index in [1.54, 1.807) is 11.3 Å². The van der Waals surface area contributed by atoms with Gasteiger partial charge in [0.05, 0.1) is 5.69 Å². The topological polar surface area (TPSA) is 24.9 Å². The number of hydrogen-bond acceptors (Lipinski definition) is 4. The number of aromatic nitrogens is 1. The summed E-state index contributed by atoms with van der Waals surface area (Å²) in [5.74, 6) is 0.404. The van der Waals surface area contributed by atoms with Crippen LogP contribution in [0.4, 0.5) is 0 Å². The second-order valence-corrected chi connectivity index (χ2v) is 10.8. The first-order valence-corrected chi connectivity index (χ1v) is 13.4. The van der Waals surface area contributed by atoms with Gasteiger partial charge in [0.1, 0.15) is 11.0 Å². The number of fused-ring (bicyclic) bond motifs is 1. The maximum Gasteiger partial charge on any atom is 0.120 e. The van der Waals surface area contributed by atoms with Crippen molar-refractivity contribution in [3.05, 3.63) is 112 Å². The normalized spacial score (nSPS) is 13.4. The number of aryl methyl sites for hydroxylation is 1. The Morgan fingerprint density at radius 2 is 1.82 bits per heavy atom. The average Bonchev–Trinajstić information content (AvgIpc) is 3.44. The van der Waals surface area contributed by atoms with Crippen LogP contribution in [0.2, 0.25) is 0 Å². The predicted octanol–water partition coefficient (Wildman–Crippen LogP) is 9.07. The van der Waals surface area contributed by atoms with Crippen molar-refractivity contribution in [2.75, 3.05) is 0 Å². The third-order valence-corrected chi connectivity index (χ3v) is 7.91. The van der Waals surface area contributed by atoms with Crippen molar-refractivity contribution in [2.45, 2.75) is 40.2 Å². The van der Waals surface area contributed by atoms with Crippen molar-refractivity contribution >= 4 is 32.8 Å². The highest BCUT2D eigenvalue weighted by Gasteiger charge is 2.22. The van der Waals surface area contributed by atoms with E-state index in [1.165, 1.54) is 37.4 Å². The van der Waals surface area contributed by atoms with Crippen LogP contribution in [0.25, 0.3) is 21.3 Å². The van der Waals surface area contributed by atoms with Crippen LogP contribution in [0, 0.1) is 12.8 Å². The van der Waals surface area contributed by atoms with Crippen LogP contribution in [0.3, 0.4) is 0 Å². The summed E-state index contributed by atoms with van der Waals surface area (Å²) in [4.78, 5) is 6.51. The molecule has 0 aliphatic heterocycles. The Kier molecular flexibility index (Phi) is 7.81. The third kappa shape index (κ3) is 5.08. The molecule has 0 radical (unpaired) electrons. The van der Waals surface area contributed by atoms with Crippen LogP contribution >= 0.6 is 22.7 Å². The fourth-order valence-corrected chi connectivity index (χ4v) is 6.31. The Hall–Kier alpha value is -2.95. The van der Waals surface area contributed by atoms with Crippen LogP contribution in [-0.2, 0) is 0 Å². The fraction of sp³-hybridized carbons (Fsp3) is 0.233. The van der Waals surface area contributed by atoms with Crippen LogP contribution in [0.15, 0.2) is 96.1 Å². The summed E-state index contributed by atoms with van der Waals surface area (Å²) in [7, 11) is 0. The highest BCUT2D eigenvalue weighted by Crippen LogP contribution is 2.40. The molecule has 0 bridgehead atoms. The van der Waals surface area contributed by atoms with Gasteiger partial charge in [0.25, 0.3) is 0 Å². The third-order valence-electron chi connectivity index (χ3n) is 5.91. The summed E-state index contributed by atoms with van der Waals surface area (Å²) in [6, 6.07) is 19.2. The molecule has 2 aromatic heterocycles. The lowest BCUT2D eigenvalue weighted by molar-refractivity contribution is 0.648. The number of thiophene rings is 1. The van der Waals surface area contributed by atoms with Crippen molar-refractivity contribution in [1.29, 1.82) is 0 Å². The molecule has 4 heteroatoms. The van der Waals surface area contributed by atoms with Crippen LogP contribution in [0.5, 0.6) is 0 Å². The van der Waals surface area contributed by atoms with E-state index in [-0.39, 0.29) is 6.04 Å². The van der Waals surface area contributed by atoms with E-state index in [1.807, 2.05) is 17.4 Å². The van der Waals surface area contributed by atoms with E-state index in [2.05, 4.69) is 112 Å². The molecular formula is C30H32N2S2. The smallest absolute Gasteiger partial charge is 0.120 e. The van der Waals surface area contributed by atoms with E-state index in [0.717, 1.165) is 17.1 Å². The standard InChI is InChI=1S/C30H32N2S2/c1-6-13-23(20(3)4)25(14-7-2)31-29(22-15-9-8-10-16-22)30-32-26(19-33-30)28-21(5)34-27-18-12-11-17-24(27)28/h6-13,15-20,29,31H,2,14H2,1,3-5H3/b13-6-,25-23-. The number of hydrogen-bond donors (Lipinski definition) is 1. The summed E-state index contributed by atoms with van der Waals surface area (Å²) in [5, 5.41) is 8.44. The van der Waals surface area contributed by atoms with Crippen molar-refractivity contribution in [3.8, 4) is 11.3 Å². The van der Waals surface area contributed by atoms with E-state index in [9.17, 15) is 0 Å². The lowest BCUT2D eigenvalue weighted by atomic mass is 9.97. The predicted molar refractivity (Wildman–Crippen MR) is 151 cm³/mol. The number of thiazole rings is 1. The molecule has 4 rings (SSSR count). The molecule has 2 aromatic carbocycles. The Labute approximate surface area is 211 Å². The SMILES string of the molecule is C=CC/C(NC(c1ccccc1)c1nc(-c2c(C)sc3ccccc23)cs1)=C(\C=C/C)C(C)C. The van der Waals surface area contributed by atoms with E-state index in [4.69, 9.17) is 4.98 Å². The molecule has 2 heterocycles. The van der Waals surface area contributed by atoms with Gasteiger partial charge in [0, 0.05) is 38.0 Å². The minimum atomic E-state index is -0.0286. The molecule has 0 saturated heterocycles. The lowest BCUT2D eigenvalue weighted by Crippen LogP contribution is -2.24. The Bertz CT molecular complexity index is 1320. The Balaban J connectivity index is 1.80. The highest BCUT2D eigenvalue weighted by atomic mass is 32.1. The quantitative estimate of drug-likeness (QED) is 0.189. The van der Waals surface area contributed by atoms with Crippen molar-refractivity contribution in [2.24, 2.45) is 5.92 Å². The summed E-state index contributed by atoms with van der Waals surface area (Å²) >= 11 is 3.57. The summed E-state index contributed by atoms with van der Waals surface area (Å²) in [6.07, 6.45) is 7.09. The Morgan fingerprint density at radius 1 is 1.09 bits per heavy atom. The van der Waals surface area contributed by atoms with Crippen molar-refractivity contribution in [1.82, 2.24) is 10.3 Å². The number of rotatable bonds is 9. The molecule has 1 N–H and O–H groups in total. The first-order chi connectivity index (χ1) is 16.5. The van der Waals surface area contributed by atoms with Crippen molar-refractivity contribution in [3.63, 3.8) is 0 Å². The first kappa shape index (κ1) is 24.2. The molecule has 0 fully saturated rings. The van der Waals surface area contributed by atoms with Gasteiger partial charge >= 0.3 is 0 Å². The van der Waals surface area contributed by atoms with Gasteiger partial charge in [-0.2, -0.15) is 0 Å². The number of allylic oxidation sites excluding steroid dienone is 4. The maximum absolute atomic E-state index is 5.20. The molecule has 0 aliphatic carbocycles. The molecule has 0 amide bonds. The van der Waals surface area contributed by atoms with Gasteiger partial charge in [0.15, 0.2) is 0 Å². The zero-order valence-corrected chi connectivity index (χ0v) is 22.0. The van der Waals surface area contributed by atoms with E-state index >= 15 is 0 Å². The summed E-state index contributed by atoms with van der Waals surface area (Å²) in [6.45, 7) is 12.8. The molecule has 0 saturated carbocycles. The largest absolute Gasteiger partial charge is 0.375 e. The molecule has 174 valence electrons. The average molecular weight is 485 g/mol. The minimum Gasteiger partial charge on any atom is -0.375 e. The number of nitrogens with one attached hydrogen (secondary N) is 1. The van der Waals surface area contributed by atoms with E-state index < -0.39 is 0 Å². The van der Waals surface area contributed by atoms with Gasteiger partial charge in [-0.15, -0.1) is 29.3 Å². The molecule has 0 aliphatic rings. The molecule has 34 heavy (non-hydrogen) atoms. The van der Waals surface area contributed by atoms with Crippen LogP contribution in [-0.4, -0.2) is 4.98 Å². The van der Waals surface area contributed by atoms with Gasteiger partial charge in [0.2, 0.25) is 0 Å². The fourth-order valence-electron chi connectivity index (χ4n) is 4.35. The van der Waals surface area contributed by atoms with Gasteiger partial charge in [-0.05, 0) is 37.0 Å². The number of benzene rings is 2. The second-order valence-electron chi connectivity index (χ2n) is 8.67. The minimum absolute atomic E-state index is 0.0286. The van der Waals surface area contributed by atoms with Gasteiger partial charge < -0.3 is 5.32 Å². The highest BCUT2D eigenvalue weighted by molar-refractivity contribution is 7.19. The van der Waals surface area contributed by atoms with Crippen LogP contribution in [0.1, 0.15) is 48.7 Å². The van der Waals surface area contributed by atoms with Gasteiger partial charge in [-0.1, -0.05) is 80.6 Å². The van der Waals surface area contributed by atoms with Crippen LogP contribution < -0.4 is 5.32 Å². The monoisotopic (exact) mass is 484 g/mol. The number of nitrogens with zero attached hydrogens (tertiary/aromatic N) is 1. The second kappa shape index (κ2) is 11.0. The summed E-state index contributed by atoms with van der Waals surface area (Å²) < 4.78 is 1.31. The first-order valence-electron chi connectivity index (χ1n) is 11.8. The Morgan fingerprint density at radius 3 is 2.53 bits per heavy atom. The molecule has 4 aromatic rings. The molecule has 1 unspecified atom stereocenters. The zero-order chi connectivity index (χ0) is 24.1. The molecule has 1 atom stereocenters. The molecule has 0 spiro atoms. The zero-order valence-electron chi connectivity index (χ0n) is 20.3. The van der Waals surface area contributed by atoms with E-state index in [0.29, 0.717) is 5.92 Å². The summed E-state index contributed by atoms with van der Waals surface area (Å²) in [5.41, 5.74) is 6.03. The maximum atomic E-state index is 5.20. The van der Waals surface area contributed by atoms with Crippen molar-refractivity contribution < 1.29 is 0 Å². The lowest BCUT2D eigenvalue weighted by Gasteiger charge is -2.23. The van der Waals surface area contributed by atoms with Gasteiger partial charge in [-0.25, -0.2) is 4.98 Å².